The Balaban J connectivity index is 1.99. The van der Waals surface area contributed by atoms with Crippen LogP contribution in [0.2, 0.25) is 0 Å². The molecule has 0 saturated heterocycles. The lowest BCUT2D eigenvalue weighted by atomic mass is 9.86. The van der Waals surface area contributed by atoms with Crippen LogP contribution in [0.25, 0.3) is 0 Å². The summed E-state index contributed by atoms with van der Waals surface area (Å²) < 4.78 is 0. The molecule has 1 heteroatoms. The van der Waals surface area contributed by atoms with Gasteiger partial charge in [-0.25, -0.2) is 0 Å². The second kappa shape index (κ2) is 8.53. The Morgan fingerprint density at radius 3 is 1.41 bits per heavy atom. The maximum absolute atomic E-state index is 12.5. The number of carbonyl (C=O) groups excluding carboxylic acids is 1. The molecule has 0 spiro atoms. The maximum Gasteiger partial charge on any atom is 0.134 e. The van der Waals surface area contributed by atoms with Crippen molar-refractivity contribution >= 4 is 5.78 Å². The molecule has 0 aliphatic carbocycles. The van der Waals surface area contributed by atoms with Gasteiger partial charge in [-0.15, -0.1) is 0 Å². The van der Waals surface area contributed by atoms with Crippen LogP contribution in [0.1, 0.15) is 62.5 Å². The fourth-order valence-electron chi connectivity index (χ4n) is 3.08. The summed E-state index contributed by atoms with van der Waals surface area (Å²) in [5.74, 6) is 1.08. The molecule has 2 atom stereocenters. The summed E-state index contributed by atoms with van der Waals surface area (Å²) in [6.07, 6.45) is 3.34. The summed E-state index contributed by atoms with van der Waals surface area (Å²) in [6.45, 7) is 4.33. The zero-order chi connectivity index (χ0) is 15.8. The number of carbonyl (C=O) groups is 1. The first-order valence-electron chi connectivity index (χ1n) is 8.36. The van der Waals surface area contributed by atoms with Gasteiger partial charge >= 0.3 is 0 Å². The molecule has 22 heavy (non-hydrogen) atoms. The summed E-state index contributed by atoms with van der Waals surface area (Å²) in [6, 6.07) is 20.8. The first-order chi connectivity index (χ1) is 10.7. The molecule has 2 aromatic carbocycles. The minimum absolute atomic E-state index is 0.349. The van der Waals surface area contributed by atoms with E-state index in [1.807, 2.05) is 12.1 Å². The summed E-state index contributed by atoms with van der Waals surface area (Å²) in [5.41, 5.74) is 2.57. The van der Waals surface area contributed by atoms with E-state index in [-0.39, 0.29) is 0 Å². The van der Waals surface area contributed by atoms with Gasteiger partial charge in [0.15, 0.2) is 0 Å². The molecule has 0 fully saturated rings. The van der Waals surface area contributed by atoms with Crippen LogP contribution >= 0.6 is 0 Å². The van der Waals surface area contributed by atoms with Gasteiger partial charge in [-0.1, -0.05) is 74.5 Å². The Morgan fingerprint density at radius 2 is 1.09 bits per heavy atom. The third kappa shape index (κ3) is 4.56. The second-order valence-corrected chi connectivity index (χ2v) is 5.98. The van der Waals surface area contributed by atoms with Gasteiger partial charge in [0.1, 0.15) is 5.78 Å². The van der Waals surface area contributed by atoms with E-state index in [1.165, 1.54) is 11.1 Å². The first-order valence-corrected chi connectivity index (χ1v) is 8.36. The third-order valence-electron chi connectivity index (χ3n) is 4.48. The Hall–Kier alpha value is -1.89. The van der Waals surface area contributed by atoms with Gasteiger partial charge in [0.05, 0.1) is 0 Å². The highest BCUT2D eigenvalue weighted by molar-refractivity contribution is 5.80. The van der Waals surface area contributed by atoms with Crippen LogP contribution in [0, 0.1) is 0 Å². The predicted octanol–water partition coefficient (Wildman–Crippen LogP) is 5.72. The molecule has 0 N–H and O–H groups in total. The quantitative estimate of drug-likeness (QED) is 0.608. The van der Waals surface area contributed by atoms with Gasteiger partial charge in [0, 0.05) is 12.8 Å². The molecule has 0 heterocycles. The average molecular weight is 294 g/mol. The molecule has 0 aliphatic rings. The van der Waals surface area contributed by atoms with Gasteiger partial charge < -0.3 is 0 Å². The molecule has 0 radical (unpaired) electrons. The van der Waals surface area contributed by atoms with E-state index >= 15 is 0 Å². The minimum atomic E-state index is 0.349. The molecule has 0 aliphatic heterocycles. The largest absolute Gasteiger partial charge is 0.300 e. The van der Waals surface area contributed by atoms with E-state index in [9.17, 15) is 4.79 Å². The van der Waals surface area contributed by atoms with Crippen molar-refractivity contribution in [3.8, 4) is 0 Å². The highest BCUT2D eigenvalue weighted by Crippen LogP contribution is 2.28. The maximum atomic E-state index is 12.5. The van der Waals surface area contributed by atoms with Crippen molar-refractivity contribution in [1.29, 1.82) is 0 Å². The SMILES string of the molecule is CC[C@@H](CC(=O)C[C@H](CC)c1ccccc1)c1ccccc1. The topological polar surface area (TPSA) is 17.1 Å². The van der Waals surface area contributed by atoms with Crippen LogP contribution in [0.4, 0.5) is 0 Å². The number of ketones is 1. The van der Waals surface area contributed by atoms with Gasteiger partial charge in [0.2, 0.25) is 0 Å². The van der Waals surface area contributed by atoms with Crippen molar-refractivity contribution in [2.45, 2.75) is 51.4 Å². The zero-order valence-electron chi connectivity index (χ0n) is 13.7. The van der Waals surface area contributed by atoms with Crippen molar-refractivity contribution in [3.05, 3.63) is 71.8 Å². The van der Waals surface area contributed by atoms with Gasteiger partial charge in [-0.05, 0) is 35.8 Å². The summed E-state index contributed by atoms with van der Waals surface area (Å²) in [4.78, 5) is 12.5. The number of Topliss-reactive ketones (excluding diaryl/α,β-unsaturated/α-hetero) is 1. The van der Waals surface area contributed by atoms with E-state index in [4.69, 9.17) is 0 Å². The van der Waals surface area contributed by atoms with E-state index in [1.54, 1.807) is 0 Å². The number of hydrogen-bond acceptors (Lipinski definition) is 1. The second-order valence-electron chi connectivity index (χ2n) is 5.98. The van der Waals surface area contributed by atoms with Crippen molar-refractivity contribution in [1.82, 2.24) is 0 Å². The fourth-order valence-corrected chi connectivity index (χ4v) is 3.08. The lowest BCUT2D eigenvalue weighted by Crippen LogP contribution is -2.11. The Labute approximate surface area is 134 Å². The van der Waals surface area contributed by atoms with Crippen LogP contribution in [-0.2, 0) is 4.79 Å². The highest BCUT2D eigenvalue weighted by atomic mass is 16.1. The fraction of sp³-hybridized carbons (Fsp3) is 0.381. The molecule has 2 aromatic rings. The lowest BCUT2D eigenvalue weighted by Gasteiger charge is -2.18. The summed E-state index contributed by atoms with van der Waals surface area (Å²) in [5, 5.41) is 0. The predicted molar refractivity (Wildman–Crippen MR) is 93.2 cm³/mol. The van der Waals surface area contributed by atoms with Gasteiger partial charge in [-0.3, -0.25) is 4.79 Å². The van der Waals surface area contributed by atoms with E-state index in [2.05, 4.69) is 62.4 Å². The lowest BCUT2D eigenvalue weighted by molar-refractivity contribution is -0.119. The molecule has 2 rings (SSSR count). The highest BCUT2D eigenvalue weighted by Gasteiger charge is 2.18. The molecule has 0 bridgehead atoms. The van der Waals surface area contributed by atoms with E-state index in [0.29, 0.717) is 30.5 Å². The smallest absolute Gasteiger partial charge is 0.134 e. The van der Waals surface area contributed by atoms with Crippen LogP contribution in [-0.4, -0.2) is 5.78 Å². The number of rotatable bonds is 8. The molecular weight excluding hydrogens is 268 g/mol. The van der Waals surface area contributed by atoms with E-state index in [0.717, 1.165) is 12.8 Å². The molecule has 1 nitrogen and oxygen atoms in total. The van der Waals surface area contributed by atoms with Crippen LogP contribution < -0.4 is 0 Å². The van der Waals surface area contributed by atoms with E-state index < -0.39 is 0 Å². The average Bonchev–Trinajstić information content (AvgIpc) is 2.59. The zero-order valence-corrected chi connectivity index (χ0v) is 13.7. The van der Waals surface area contributed by atoms with Crippen molar-refractivity contribution in [3.63, 3.8) is 0 Å². The molecule has 0 saturated carbocycles. The van der Waals surface area contributed by atoms with Crippen LogP contribution in [0.3, 0.4) is 0 Å². The number of hydrogen-bond donors (Lipinski definition) is 0. The Bertz CT molecular complexity index is 507. The standard InChI is InChI=1S/C21H26O/c1-3-17(19-11-7-5-8-12-19)15-21(22)16-18(4-2)20-13-9-6-10-14-20/h5-14,17-18H,3-4,15-16H2,1-2H3/t17-,18-/m0/s1. The third-order valence-corrected chi connectivity index (χ3v) is 4.48. The molecule has 0 aromatic heterocycles. The Morgan fingerprint density at radius 1 is 0.727 bits per heavy atom. The van der Waals surface area contributed by atoms with Crippen molar-refractivity contribution < 1.29 is 4.79 Å². The van der Waals surface area contributed by atoms with Crippen molar-refractivity contribution in [2.75, 3.05) is 0 Å². The summed E-state index contributed by atoms with van der Waals surface area (Å²) >= 11 is 0. The molecule has 116 valence electrons. The molecular formula is C21H26O. The minimum Gasteiger partial charge on any atom is -0.300 e. The normalized spacial score (nSPS) is 13.5. The first kappa shape index (κ1) is 16.5. The molecule has 0 unspecified atom stereocenters. The molecule has 0 amide bonds. The van der Waals surface area contributed by atoms with Gasteiger partial charge in [0.25, 0.3) is 0 Å². The monoisotopic (exact) mass is 294 g/mol. The Kier molecular flexibility index (Phi) is 6.39. The van der Waals surface area contributed by atoms with Crippen LogP contribution in [0.5, 0.6) is 0 Å². The van der Waals surface area contributed by atoms with Gasteiger partial charge in [-0.2, -0.15) is 0 Å². The van der Waals surface area contributed by atoms with Crippen LogP contribution in [0.15, 0.2) is 60.7 Å². The summed E-state index contributed by atoms with van der Waals surface area (Å²) in [7, 11) is 0. The van der Waals surface area contributed by atoms with Crippen molar-refractivity contribution in [2.24, 2.45) is 0 Å². The number of benzene rings is 2.